The van der Waals surface area contributed by atoms with Crippen molar-refractivity contribution in [1.29, 1.82) is 0 Å². The van der Waals surface area contributed by atoms with E-state index in [0.717, 1.165) is 17.7 Å². The number of methoxy groups -OCH3 is 3. The van der Waals surface area contributed by atoms with E-state index in [0.29, 0.717) is 30.2 Å². The number of hydrogen-bond donors (Lipinski definition) is 1. The number of para-hydroxylation sites is 1. The number of alkyl halides is 3. The molecule has 1 amide bonds. The summed E-state index contributed by atoms with van der Waals surface area (Å²) in [6.07, 6.45) is -3.21. The molecular weight excluding hydrogens is 479 g/mol. The Labute approximate surface area is 207 Å². The number of hydrogen-bond acceptors (Lipinski definition) is 7. The molecule has 1 heterocycles. The van der Waals surface area contributed by atoms with Gasteiger partial charge in [0.05, 0.1) is 32.9 Å². The van der Waals surface area contributed by atoms with Gasteiger partial charge in [0.1, 0.15) is 6.26 Å². The summed E-state index contributed by atoms with van der Waals surface area (Å²) < 4.78 is 61.1. The van der Waals surface area contributed by atoms with Gasteiger partial charge in [0.2, 0.25) is 5.89 Å². The first-order valence-corrected chi connectivity index (χ1v) is 11.0. The van der Waals surface area contributed by atoms with E-state index in [1.807, 2.05) is 11.0 Å². The molecule has 0 aliphatic heterocycles. The third kappa shape index (κ3) is 7.22. The van der Waals surface area contributed by atoms with Crippen molar-refractivity contribution in [1.82, 2.24) is 15.2 Å². The molecule has 2 aromatic carbocycles. The van der Waals surface area contributed by atoms with Crippen molar-refractivity contribution in [3.05, 3.63) is 77.0 Å². The van der Waals surface area contributed by atoms with Crippen molar-refractivity contribution in [3.63, 3.8) is 0 Å². The maximum atomic E-state index is 13.3. The first-order chi connectivity index (χ1) is 17.2. The fourth-order valence-electron chi connectivity index (χ4n) is 3.63. The number of rotatable bonds is 12. The first-order valence-electron chi connectivity index (χ1n) is 11.0. The summed E-state index contributed by atoms with van der Waals surface area (Å²) in [5, 5.41) is 2.66. The number of oxazole rings is 1. The average Bonchev–Trinajstić information content (AvgIpc) is 3.32. The van der Waals surface area contributed by atoms with E-state index in [1.54, 1.807) is 18.2 Å². The summed E-state index contributed by atoms with van der Waals surface area (Å²) in [6.45, 7) is 1.23. The van der Waals surface area contributed by atoms with Crippen LogP contribution in [0.1, 0.15) is 33.1 Å². The van der Waals surface area contributed by atoms with E-state index >= 15 is 0 Å². The van der Waals surface area contributed by atoms with Gasteiger partial charge in [-0.15, -0.1) is 0 Å². The van der Waals surface area contributed by atoms with Crippen LogP contribution < -0.4 is 14.8 Å². The predicted molar refractivity (Wildman–Crippen MR) is 125 cm³/mol. The summed E-state index contributed by atoms with van der Waals surface area (Å²) in [7, 11) is 4.56. The van der Waals surface area contributed by atoms with E-state index < -0.39 is 17.6 Å². The van der Waals surface area contributed by atoms with E-state index in [1.165, 1.54) is 33.7 Å². The Morgan fingerprint density at radius 3 is 2.53 bits per heavy atom. The van der Waals surface area contributed by atoms with Crippen LogP contribution in [0.5, 0.6) is 11.5 Å². The third-order valence-corrected chi connectivity index (χ3v) is 5.27. The zero-order valence-electron chi connectivity index (χ0n) is 20.2. The molecule has 0 radical (unpaired) electrons. The minimum atomic E-state index is -4.45. The average molecular weight is 508 g/mol. The Bertz CT molecular complexity index is 1150. The molecule has 36 heavy (non-hydrogen) atoms. The van der Waals surface area contributed by atoms with E-state index in [2.05, 4.69) is 10.3 Å². The molecule has 3 rings (SSSR count). The molecule has 0 fully saturated rings. The Hall–Kier alpha value is -3.57. The minimum absolute atomic E-state index is 0.0964. The lowest BCUT2D eigenvalue weighted by atomic mass is 10.1. The topological polar surface area (TPSA) is 86.1 Å². The molecule has 1 N–H and O–H groups in total. The smallest absolute Gasteiger partial charge is 0.416 e. The van der Waals surface area contributed by atoms with Crippen LogP contribution in [0.15, 0.2) is 53.1 Å². The Balaban J connectivity index is 1.86. The van der Waals surface area contributed by atoms with Crippen LogP contribution in [0.4, 0.5) is 13.2 Å². The van der Waals surface area contributed by atoms with E-state index in [9.17, 15) is 18.0 Å². The highest BCUT2D eigenvalue weighted by atomic mass is 19.4. The molecule has 11 heteroatoms. The van der Waals surface area contributed by atoms with Crippen LogP contribution in [0.3, 0.4) is 0 Å². The van der Waals surface area contributed by atoms with Crippen molar-refractivity contribution >= 4 is 5.91 Å². The molecule has 0 saturated heterocycles. The van der Waals surface area contributed by atoms with Gasteiger partial charge in [-0.1, -0.05) is 30.3 Å². The number of carbonyl (C=O) groups is 1. The normalized spacial score (nSPS) is 11.5. The van der Waals surface area contributed by atoms with Crippen molar-refractivity contribution in [2.45, 2.75) is 25.8 Å². The molecular formula is C25H28F3N3O5. The number of aromatic nitrogens is 1. The van der Waals surface area contributed by atoms with Gasteiger partial charge in [-0.3, -0.25) is 9.69 Å². The number of nitrogens with one attached hydrogen (secondary N) is 1. The summed E-state index contributed by atoms with van der Waals surface area (Å²) >= 11 is 0. The standard InChI is InChI=1S/C25H28F3N3O5/c1-33-11-10-29-24(32)20-16-36-22(30-20)15-31(13-17-6-4-8-19(12-17)25(26,27)28)14-18-7-5-9-21(34-2)23(18)35-3/h4-9,12,16H,10-11,13-15H2,1-3H3,(H,29,32). The molecule has 0 aliphatic carbocycles. The van der Waals surface area contributed by atoms with Gasteiger partial charge in [-0.25, -0.2) is 4.98 Å². The zero-order valence-corrected chi connectivity index (χ0v) is 20.2. The van der Waals surface area contributed by atoms with Crippen molar-refractivity contribution < 1.29 is 36.6 Å². The fraction of sp³-hybridized carbons (Fsp3) is 0.360. The van der Waals surface area contributed by atoms with Crippen LogP contribution in [0.2, 0.25) is 0 Å². The van der Waals surface area contributed by atoms with Gasteiger partial charge in [-0.05, 0) is 17.7 Å². The molecule has 0 saturated carbocycles. The highest BCUT2D eigenvalue weighted by molar-refractivity contribution is 5.91. The molecule has 0 bridgehead atoms. The third-order valence-electron chi connectivity index (χ3n) is 5.27. The van der Waals surface area contributed by atoms with Crippen molar-refractivity contribution in [3.8, 4) is 11.5 Å². The van der Waals surface area contributed by atoms with Crippen molar-refractivity contribution in [2.24, 2.45) is 0 Å². The number of nitrogens with zero attached hydrogens (tertiary/aromatic N) is 2. The number of carbonyl (C=O) groups excluding carboxylic acids is 1. The Morgan fingerprint density at radius 1 is 1.06 bits per heavy atom. The fourth-order valence-corrected chi connectivity index (χ4v) is 3.63. The number of benzene rings is 2. The highest BCUT2D eigenvalue weighted by Gasteiger charge is 2.30. The lowest BCUT2D eigenvalue weighted by Gasteiger charge is -2.23. The molecule has 0 atom stereocenters. The number of amides is 1. The van der Waals surface area contributed by atoms with Gasteiger partial charge < -0.3 is 23.9 Å². The molecule has 1 aromatic heterocycles. The lowest BCUT2D eigenvalue weighted by Crippen LogP contribution is -2.27. The predicted octanol–water partition coefficient (Wildman–Crippen LogP) is 4.29. The number of ether oxygens (including phenoxy) is 3. The van der Waals surface area contributed by atoms with E-state index in [-0.39, 0.29) is 31.2 Å². The van der Waals surface area contributed by atoms with Gasteiger partial charge >= 0.3 is 6.18 Å². The highest BCUT2D eigenvalue weighted by Crippen LogP contribution is 2.33. The van der Waals surface area contributed by atoms with Crippen LogP contribution in [-0.2, 0) is 30.5 Å². The monoisotopic (exact) mass is 507 g/mol. The number of halogens is 3. The Kier molecular flexibility index (Phi) is 9.31. The lowest BCUT2D eigenvalue weighted by molar-refractivity contribution is -0.137. The summed E-state index contributed by atoms with van der Waals surface area (Å²) in [5.74, 6) is 0.862. The van der Waals surface area contributed by atoms with Crippen molar-refractivity contribution in [2.75, 3.05) is 34.5 Å². The maximum Gasteiger partial charge on any atom is 0.416 e. The van der Waals surface area contributed by atoms with E-state index in [4.69, 9.17) is 18.6 Å². The molecule has 0 unspecified atom stereocenters. The van der Waals surface area contributed by atoms with Gasteiger partial charge in [0, 0.05) is 32.3 Å². The SMILES string of the molecule is COCCNC(=O)c1coc(CN(Cc2cccc(C(F)(F)F)c2)Cc2cccc(OC)c2OC)n1. The van der Waals surface area contributed by atoms with Gasteiger partial charge in [0.15, 0.2) is 17.2 Å². The van der Waals surface area contributed by atoms with Crippen LogP contribution in [0.25, 0.3) is 0 Å². The van der Waals surface area contributed by atoms with Crippen LogP contribution in [0, 0.1) is 0 Å². The van der Waals surface area contributed by atoms with Gasteiger partial charge in [-0.2, -0.15) is 13.2 Å². The molecule has 0 spiro atoms. The minimum Gasteiger partial charge on any atom is -0.493 e. The quantitative estimate of drug-likeness (QED) is 0.366. The van der Waals surface area contributed by atoms with Crippen LogP contribution in [-0.4, -0.2) is 50.3 Å². The second-order valence-electron chi connectivity index (χ2n) is 7.87. The largest absolute Gasteiger partial charge is 0.493 e. The zero-order chi connectivity index (χ0) is 26.1. The van der Waals surface area contributed by atoms with Gasteiger partial charge in [0.25, 0.3) is 5.91 Å². The molecule has 194 valence electrons. The second kappa shape index (κ2) is 12.4. The second-order valence-corrected chi connectivity index (χ2v) is 7.87. The summed E-state index contributed by atoms with van der Waals surface area (Å²) in [5.41, 5.74) is 0.577. The molecule has 0 aliphatic rings. The van der Waals surface area contributed by atoms with Crippen LogP contribution >= 0.6 is 0 Å². The summed E-state index contributed by atoms with van der Waals surface area (Å²) in [6, 6.07) is 10.5. The maximum absolute atomic E-state index is 13.3. The molecule has 3 aromatic rings. The molecule has 8 nitrogen and oxygen atoms in total. The Morgan fingerprint density at radius 2 is 1.83 bits per heavy atom. The summed E-state index contributed by atoms with van der Waals surface area (Å²) in [4.78, 5) is 18.3. The first kappa shape index (κ1) is 27.0.